The van der Waals surface area contributed by atoms with E-state index in [4.69, 9.17) is 0 Å². The summed E-state index contributed by atoms with van der Waals surface area (Å²) in [5.74, 6) is 0. The van der Waals surface area contributed by atoms with Gasteiger partial charge in [-0.25, -0.2) is 0 Å². The van der Waals surface area contributed by atoms with Crippen LogP contribution < -0.4 is 5.32 Å². The van der Waals surface area contributed by atoms with E-state index in [0.29, 0.717) is 6.04 Å². The van der Waals surface area contributed by atoms with Crippen LogP contribution in [0.1, 0.15) is 42.5 Å². The zero-order chi connectivity index (χ0) is 14.2. The Morgan fingerprint density at radius 1 is 1.10 bits per heavy atom. The van der Waals surface area contributed by atoms with Gasteiger partial charge in [-0.05, 0) is 61.6 Å². The first-order chi connectivity index (χ1) is 9.81. The molecule has 0 radical (unpaired) electrons. The molecule has 1 N–H and O–H groups in total. The highest BCUT2D eigenvalue weighted by Crippen LogP contribution is 2.22. The standard InChI is InChI=1S/C18H24N2/c1-3-12-20-18(17-7-5-4-6-15(17)2)9-8-16-10-13-19-14-11-16/h4-7,10-11,13-14,18,20H,3,8-9,12H2,1-2H3. The Morgan fingerprint density at radius 3 is 2.55 bits per heavy atom. The van der Waals surface area contributed by atoms with Crippen molar-refractivity contribution in [3.63, 3.8) is 0 Å². The van der Waals surface area contributed by atoms with E-state index >= 15 is 0 Å². The van der Waals surface area contributed by atoms with Gasteiger partial charge in [-0.2, -0.15) is 0 Å². The smallest absolute Gasteiger partial charge is 0.0326 e. The van der Waals surface area contributed by atoms with Gasteiger partial charge >= 0.3 is 0 Å². The number of nitrogens with zero attached hydrogens (tertiary/aromatic N) is 1. The molecule has 2 heteroatoms. The van der Waals surface area contributed by atoms with Crippen molar-refractivity contribution in [2.24, 2.45) is 0 Å². The van der Waals surface area contributed by atoms with Gasteiger partial charge < -0.3 is 5.32 Å². The fraction of sp³-hybridized carbons (Fsp3) is 0.389. The largest absolute Gasteiger partial charge is 0.310 e. The van der Waals surface area contributed by atoms with E-state index in [1.165, 1.54) is 16.7 Å². The molecule has 0 aliphatic heterocycles. The lowest BCUT2D eigenvalue weighted by Crippen LogP contribution is -2.23. The van der Waals surface area contributed by atoms with Gasteiger partial charge in [-0.3, -0.25) is 4.98 Å². The summed E-state index contributed by atoms with van der Waals surface area (Å²) in [6.45, 7) is 5.47. The normalized spacial score (nSPS) is 12.3. The van der Waals surface area contributed by atoms with Crippen LogP contribution in [0.4, 0.5) is 0 Å². The highest BCUT2D eigenvalue weighted by atomic mass is 14.9. The van der Waals surface area contributed by atoms with Crippen LogP contribution in [0.5, 0.6) is 0 Å². The van der Waals surface area contributed by atoms with Gasteiger partial charge in [0.05, 0.1) is 0 Å². The Labute approximate surface area is 122 Å². The second kappa shape index (κ2) is 7.81. The number of nitrogens with one attached hydrogen (secondary N) is 1. The lowest BCUT2D eigenvalue weighted by Gasteiger charge is -2.21. The van der Waals surface area contributed by atoms with Crippen LogP contribution in [0.15, 0.2) is 48.8 Å². The predicted octanol–water partition coefficient (Wildman–Crippen LogP) is 4.06. The molecule has 20 heavy (non-hydrogen) atoms. The fourth-order valence-corrected chi connectivity index (χ4v) is 2.52. The number of pyridine rings is 1. The van der Waals surface area contributed by atoms with Gasteiger partial charge in [0.2, 0.25) is 0 Å². The van der Waals surface area contributed by atoms with Crippen molar-refractivity contribution < 1.29 is 0 Å². The minimum absolute atomic E-state index is 0.435. The van der Waals surface area contributed by atoms with E-state index in [2.05, 4.69) is 60.5 Å². The fourth-order valence-electron chi connectivity index (χ4n) is 2.52. The number of hydrogen-bond acceptors (Lipinski definition) is 2. The van der Waals surface area contributed by atoms with Gasteiger partial charge in [0.15, 0.2) is 0 Å². The summed E-state index contributed by atoms with van der Waals surface area (Å²) in [6.07, 6.45) is 7.11. The SMILES string of the molecule is CCCNC(CCc1ccncc1)c1ccccc1C. The average molecular weight is 268 g/mol. The number of rotatable bonds is 7. The number of benzene rings is 1. The van der Waals surface area contributed by atoms with Crippen molar-refractivity contribution in [3.05, 3.63) is 65.5 Å². The van der Waals surface area contributed by atoms with E-state index in [1.54, 1.807) is 0 Å². The predicted molar refractivity (Wildman–Crippen MR) is 84.8 cm³/mol. The molecule has 0 saturated heterocycles. The molecule has 0 saturated carbocycles. The molecule has 0 bridgehead atoms. The third-order valence-corrected chi connectivity index (χ3v) is 3.68. The summed E-state index contributed by atoms with van der Waals surface area (Å²) in [5.41, 5.74) is 4.16. The Hall–Kier alpha value is -1.67. The van der Waals surface area contributed by atoms with Crippen LogP contribution in [-0.4, -0.2) is 11.5 Å². The summed E-state index contributed by atoms with van der Waals surface area (Å²) >= 11 is 0. The van der Waals surface area contributed by atoms with Gasteiger partial charge in [0, 0.05) is 18.4 Å². The van der Waals surface area contributed by atoms with Gasteiger partial charge in [0.1, 0.15) is 0 Å². The number of aryl methyl sites for hydroxylation is 2. The molecule has 1 atom stereocenters. The maximum absolute atomic E-state index is 4.08. The van der Waals surface area contributed by atoms with Crippen LogP contribution in [0.3, 0.4) is 0 Å². The third kappa shape index (κ3) is 4.17. The summed E-state index contributed by atoms with van der Waals surface area (Å²) in [4.78, 5) is 4.08. The second-order valence-electron chi connectivity index (χ2n) is 5.26. The van der Waals surface area contributed by atoms with Crippen LogP contribution in [0, 0.1) is 6.92 Å². The minimum atomic E-state index is 0.435. The van der Waals surface area contributed by atoms with Crippen molar-refractivity contribution in [1.82, 2.24) is 10.3 Å². The molecule has 1 aromatic carbocycles. The topological polar surface area (TPSA) is 24.9 Å². The molecule has 0 aliphatic rings. The summed E-state index contributed by atoms with van der Waals surface area (Å²) in [5, 5.41) is 3.68. The molecule has 1 aromatic heterocycles. The Balaban J connectivity index is 2.06. The van der Waals surface area contributed by atoms with Crippen LogP contribution in [0.2, 0.25) is 0 Å². The lowest BCUT2D eigenvalue weighted by molar-refractivity contribution is 0.497. The van der Waals surface area contributed by atoms with Crippen LogP contribution in [0.25, 0.3) is 0 Å². The van der Waals surface area contributed by atoms with Crippen LogP contribution in [-0.2, 0) is 6.42 Å². The maximum atomic E-state index is 4.08. The lowest BCUT2D eigenvalue weighted by atomic mass is 9.96. The molecule has 1 unspecified atom stereocenters. The molecule has 1 heterocycles. The first kappa shape index (κ1) is 14.7. The Kier molecular flexibility index (Phi) is 5.75. The summed E-state index contributed by atoms with van der Waals surface area (Å²) in [6, 6.07) is 13.3. The molecule has 2 aromatic rings. The third-order valence-electron chi connectivity index (χ3n) is 3.68. The van der Waals surface area contributed by atoms with Crippen molar-refractivity contribution >= 4 is 0 Å². The molecule has 2 rings (SSSR count). The van der Waals surface area contributed by atoms with Gasteiger partial charge in [0.25, 0.3) is 0 Å². The monoisotopic (exact) mass is 268 g/mol. The molecule has 0 amide bonds. The zero-order valence-electron chi connectivity index (χ0n) is 12.5. The number of aromatic nitrogens is 1. The van der Waals surface area contributed by atoms with Gasteiger partial charge in [-0.1, -0.05) is 31.2 Å². The van der Waals surface area contributed by atoms with E-state index in [0.717, 1.165) is 25.8 Å². The van der Waals surface area contributed by atoms with E-state index in [9.17, 15) is 0 Å². The zero-order valence-corrected chi connectivity index (χ0v) is 12.5. The molecule has 0 aliphatic carbocycles. The molecular formula is C18H24N2. The van der Waals surface area contributed by atoms with Gasteiger partial charge in [-0.15, -0.1) is 0 Å². The van der Waals surface area contributed by atoms with Crippen LogP contribution >= 0.6 is 0 Å². The maximum Gasteiger partial charge on any atom is 0.0326 e. The first-order valence-electron chi connectivity index (χ1n) is 7.49. The highest BCUT2D eigenvalue weighted by Gasteiger charge is 2.12. The Morgan fingerprint density at radius 2 is 1.85 bits per heavy atom. The van der Waals surface area contributed by atoms with Crippen molar-refractivity contribution in [2.75, 3.05) is 6.54 Å². The van der Waals surface area contributed by atoms with E-state index in [-0.39, 0.29) is 0 Å². The molecule has 2 nitrogen and oxygen atoms in total. The number of hydrogen-bond donors (Lipinski definition) is 1. The van der Waals surface area contributed by atoms with Crippen molar-refractivity contribution in [3.8, 4) is 0 Å². The molecule has 0 spiro atoms. The van der Waals surface area contributed by atoms with E-state index in [1.807, 2.05) is 12.4 Å². The second-order valence-corrected chi connectivity index (χ2v) is 5.26. The summed E-state index contributed by atoms with van der Waals surface area (Å²) in [7, 11) is 0. The van der Waals surface area contributed by atoms with Crippen molar-refractivity contribution in [2.45, 2.75) is 39.2 Å². The summed E-state index contributed by atoms with van der Waals surface area (Å²) < 4.78 is 0. The Bertz CT molecular complexity index is 508. The molecule has 106 valence electrons. The average Bonchev–Trinajstić information content (AvgIpc) is 2.49. The minimum Gasteiger partial charge on any atom is -0.310 e. The van der Waals surface area contributed by atoms with E-state index < -0.39 is 0 Å². The first-order valence-corrected chi connectivity index (χ1v) is 7.49. The molecular weight excluding hydrogens is 244 g/mol. The van der Waals surface area contributed by atoms with Crippen molar-refractivity contribution in [1.29, 1.82) is 0 Å². The quantitative estimate of drug-likeness (QED) is 0.819. The molecule has 0 fully saturated rings. The highest BCUT2D eigenvalue weighted by molar-refractivity contribution is 5.29.